The Labute approximate surface area is 119 Å². The summed E-state index contributed by atoms with van der Waals surface area (Å²) in [5, 5.41) is 10.7. The fourth-order valence-electron chi connectivity index (χ4n) is 2.55. The zero-order valence-electron chi connectivity index (χ0n) is 13.9. The normalized spacial score (nSPS) is 15.4. The lowest BCUT2D eigenvalue weighted by atomic mass is 9.77. The minimum absolute atomic E-state index is 0.238. The van der Waals surface area contributed by atoms with E-state index in [1.54, 1.807) is 0 Å². The summed E-state index contributed by atoms with van der Waals surface area (Å²) in [6.07, 6.45) is 0.474. The molecular weight excluding hydrogens is 232 g/mol. The number of aryl methyl sites for hydroxylation is 2. The summed E-state index contributed by atoms with van der Waals surface area (Å²) in [6.45, 7) is 17.5. The Morgan fingerprint density at radius 2 is 1.42 bits per heavy atom. The summed E-state index contributed by atoms with van der Waals surface area (Å²) in [5.41, 5.74) is 6.44. The number of aliphatic hydroxyl groups is 1. The molecule has 0 aliphatic carbocycles. The lowest BCUT2D eigenvalue weighted by molar-refractivity contribution is 0.109. The largest absolute Gasteiger partial charge is 0.388 e. The number of benzene rings is 1. The van der Waals surface area contributed by atoms with Gasteiger partial charge in [-0.05, 0) is 73.3 Å². The first-order valence-electron chi connectivity index (χ1n) is 7.31. The first-order valence-corrected chi connectivity index (χ1v) is 7.31. The van der Waals surface area contributed by atoms with E-state index in [0.717, 1.165) is 12.0 Å². The molecule has 1 nitrogen and oxygen atoms in total. The molecular formula is C18H30O. The van der Waals surface area contributed by atoms with Gasteiger partial charge in [0.1, 0.15) is 0 Å². The van der Waals surface area contributed by atoms with Gasteiger partial charge in [0.25, 0.3) is 0 Å². The highest BCUT2D eigenvalue weighted by Crippen LogP contribution is 2.36. The van der Waals surface area contributed by atoms with Crippen molar-refractivity contribution in [3.8, 4) is 0 Å². The molecule has 1 aromatic carbocycles. The molecule has 0 fully saturated rings. The van der Waals surface area contributed by atoms with E-state index in [9.17, 15) is 5.11 Å². The third-order valence-electron chi connectivity index (χ3n) is 4.81. The van der Waals surface area contributed by atoms with E-state index in [4.69, 9.17) is 0 Å². The van der Waals surface area contributed by atoms with Gasteiger partial charge in [-0.15, -0.1) is 0 Å². The summed E-state index contributed by atoms with van der Waals surface area (Å²) in [4.78, 5) is 0. The molecule has 1 N–H and O–H groups in total. The Morgan fingerprint density at radius 1 is 1.00 bits per heavy atom. The molecule has 0 amide bonds. The highest BCUT2D eigenvalue weighted by Gasteiger charge is 2.25. The summed E-state index contributed by atoms with van der Waals surface area (Å²) in [6, 6.07) is 2.22. The smallest absolute Gasteiger partial charge is 0.0798 e. The maximum Gasteiger partial charge on any atom is 0.0798 e. The standard InChI is InChI=1S/C18H30O/c1-11-9-12(2)15(5)17(14(11)4)16(19)10-13(3)18(6,7)8/h9,13,16,19H,10H2,1-8H3. The predicted octanol–water partition coefficient (Wildman–Crippen LogP) is 5.03. The van der Waals surface area contributed by atoms with E-state index in [-0.39, 0.29) is 11.5 Å². The van der Waals surface area contributed by atoms with E-state index >= 15 is 0 Å². The SMILES string of the molecule is Cc1cc(C)c(C)c(C(O)CC(C)C(C)(C)C)c1C. The Morgan fingerprint density at radius 3 is 1.79 bits per heavy atom. The Hall–Kier alpha value is -0.820. The van der Waals surface area contributed by atoms with Gasteiger partial charge in [0.2, 0.25) is 0 Å². The molecule has 0 saturated carbocycles. The van der Waals surface area contributed by atoms with E-state index < -0.39 is 0 Å². The van der Waals surface area contributed by atoms with Crippen LogP contribution in [0.3, 0.4) is 0 Å². The molecule has 0 aliphatic rings. The Bertz CT molecular complexity index is 425. The maximum absolute atomic E-state index is 10.7. The second-order valence-electron chi connectivity index (χ2n) is 7.19. The molecule has 1 aromatic rings. The van der Waals surface area contributed by atoms with Gasteiger partial charge in [-0.1, -0.05) is 33.8 Å². The second-order valence-corrected chi connectivity index (χ2v) is 7.19. The van der Waals surface area contributed by atoms with Crippen LogP contribution in [0.4, 0.5) is 0 Å². The highest BCUT2D eigenvalue weighted by atomic mass is 16.3. The third kappa shape index (κ3) is 3.60. The van der Waals surface area contributed by atoms with Crippen LogP contribution in [0.5, 0.6) is 0 Å². The second kappa shape index (κ2) is 5.66. The summed E-state index contributed by atoms with van der Waals surface area (Å²) >= 11 is 0. The van der Waals surface area contributed by atoms with Gasteiger partial charge >= 0.3 is 0 Å². The van der Waals surface area contributed by atoms with Crippen molar-refractivity contribution in [1.29, 1.82) is 0 Å². The Kier molecular flexibility index (Phi) is 4.84. The molecule has 0 aliphatic heterocycles. The van der Waals surface area contributed by atoms with E-state index in [1.165, 1.54) is 22.3 Å². The van der Waals surface area contributed by atoms with Crippen LogP contribution in [0.25, 0.3) is 0 Å². The quantitative estimate of drug-likeness (QED) is 0.810. The van der Waals surface area contributed by atoms with Crippen LogP contribution < -0.4 is 0 Å². The fourth-order valence-corrected chi connectivity index (χ4v) is 2.55. The lowest BCUT2D eigenvalue weighted by Gasteiger charge is -2.30. The fraction of sp³-hybridized carbons (Fsp3) is 0.667. The molecule has 0 heterocycles. The van der Waals surface area contributed by atoms with Crippen LogP contribution in [0.2, 0.25) is 0 Å². The first-order chi connectivity index (χ1) is 8.55. The zero-order chi connectivity index (χ0) is 15.0. The first kappa shape index (κ1) is 16.2. The van der Waals surface area contributed by atoms with Gasteiger partial charge < -0.3 is 5.11 Å². The average Bonchev–Trinajstić information content (AvgIpc) is 2.25. The minimum Gasteiger partial charge on any atom is -0.388 e. The molecule has 0 bridgehead atoms. The average molecular weight is 262 g/mol. The minimum atomic E-state index is -0.354. The molecule has 0 spiro atoms. The molecule has 0 radical (unpaired) electrons. The molecule has 0 aromatic heterocycles. The summed E-state index contributed by atoms with van der Waals surface area (Å²) in [7, 11) is 0. The van der Waals surface area contributed by atoms with Gasteiger partial charge in [0, 0.05) is 0 Å². The monoisotopic (exact) mass is 262 g/mol. The van der Waals surface area contributed by atoms with Crippen molar-refractivity contribution >= 4 is 0 Å². The molecule has 1 heteroatoms. The molecule has 0 saturated heterocycles. The molecule has 108 valence electrons. The van der Waals surface area contributed by atoms with Crippen LogP contribution in [0.15, 0.2) is 6.07 Å². The molecule has 19 heavy (non-hydrogen) atoms. The van der Waals surface area contributed by atoms with Crippen LogP contribution in [0.1, 0.15) is 68.0 Å². The van der Waals surface area contributed by atoms with Crippen LogP contribution in [-0.2, 0) is 0 Å². The van der Waals surface area contributed by atoms with Gasteiger partial charge in [-0.3, -0.25) is 0 Å². The maximum atomic E-state index is 10.7. The molecule has 2 unspecified atom stereocenters. The predicted molar refractivity (Wildman–Crippen MR) is 83.6 cm³/mol. The summed E-state index contributed by atoms with van der Waals surface area (Å²) < 4.78 is 0. The van der Waals surface area contributed by atoms with E-state index in [1.807, 2.05) is 0 Å². The molecule has 1 rings (SSSR count). The third-order valence-corrected chi connectivity index (χ3v) is 4.81. The van der Waals surface area contributed by atoms with Crippen molar-refractivity contribution in [2.45, 2.75) is 67.9 Å². The van der Waals surface area contributed by atoms with Gasteiger partial charge in [0.15, 0.2) is 0 Å². The van der Waals surface area contributed by atoms with Crippen molar-refractivity contribution in [3.63, 3.8) is 0 Å². The highest BCUT2D eigenvalue weighted by molar-refractivity contribution is 5.45. The van der Waals surface area contributed by atoms with Crippen molar-refractivity contribution in [1.82, 2.24) is 0 Å². The van der Waals surface area contributed by atoms with E-state index in [0.29, 0.717) is 5.92 Å². The zero-order valence-corrected chi connectivity index (χ0v) is 13.9. The summed E-state index contributed by atoms with van der Waals surface area (Å²) in [5.74, 6) is 0.488. The number of aliphatic hydroxyl groups excluding tert-OH is 1. The molecule has 2 atom stereocenters. The van der Waals surface area contributed by atoms with Gasteiger partial charge in [0.05, 0.1) is 6.10 Å². The van der Waals surface area contributed by atoms with Crippen molar-refractivity contribution < 1.29 is 5.11 Å². The van der Waals surface area contributed by atoms with Crippen molar-refractivity contribution in [3.05, 3.63) is 33.9 Å². The van der Waals surface area contributed by atoms with Gasteiger partial charge in [-0.2, -0.15) is 0 Å². The lowest BCUT2D eigenvalue weighted by Crippen LogP contribution is -2.20. The van der Waals surface area contributed by atoms with Gasteiger partial charge in [-0.25, -0.2) is 0 Å². The van der Waals surface area contributed by atoms with Crippen LogP contribution in [0, 0.1) is 39.0 Å². The van der Waals surface area contributed by atoms with Crippen molar-refractivity contribution in [2.75, 3.05) is 0 Å². The van der Waals surface area contributed by atoms with Crippen molar-refractivity contribution in [2.24, 2.45) is 11.3 Å². The number of rotatable bonds is 3. The number of hydrogen-bond acceptors (Lipinski definition) is 1. The van der Waals surface area contributed by atoms with Crippen LogP contribution in [-0.4, -0.2) is 5.11 Å². The number of hydrogen-bond donors (Lipinski definition) is 1. The topological polar surface area (TPSA) is 20.2 Å². The van der Waals surface area contributed by atoms with Crippen LogP contribution >= 0.6 is 0 Å². The van der Waals surface area contributed by atoms with E-state index in [2.05, 4.69) is 61.5 Å². The Balaban J connectivity index is 3.10.